The van der Waals surface area contributed by atoms with Crippen LogP contribution in [0, 0.1) is 11.3 Å². The molecule has 1 saturated heterocycles. The molecule has 0 aromatic carbocycles. The third kappa shape index (κ3) is 1.92. The Kier molecular flexibility index (Phi) is 3.19. The summed E-state index contributed by atoms with van der Waals surface area (Å²) in [5.41, 5.74) is 5.05. The van der Waals surface area contributed by atoms with Gasteiger partial charge in [-0.25, -0.2) is 4.79 Å². The van der Waals surface area contributed by atoms with E-state index in [0.717, 1.165) is 6.42 Å². The second-order valence-corrected chi connectivity index (χ2v) is 5.59. The third-order valence-corrected chi connectivity index (χ3v) is 4.18. The number of hydrogen-bond acceptors (Lipinski definition) is 4. The van der Waals surface area contributed by atoms with Gasteiger partial charge in [0, 0.05) is 11.6 Å². The average Bonchev–Trinajstić information content (AvgIpc) is 2.52. The molecule has 1 aliphatic rings. The van der Waals surface area contributed by atoms with E-state index in [0.29, 0.717) is 5.92 Å². The molecule has 1 aliphatic heterocycles. The fraction of sp³-hybridized carbons (Fsp3) is 0.692. The Hall–Kier alpha value is -1.36. The summed E-state index contributed by atoms with van der Waals surface area (Å²) in [5, 5.41) is 0. The minimum Gasteiger partial charge on any atom is -0.383 e. The highest BCUT2D eigenvalue weighted by molar-refractivity contribution is 5.23. The molecule has 0 aliphatic carbocycles. The van der Waals surface area contributed by atoms with Crippen LogP contribution in [0.4, 0.5) is 5.82 Å². The van der Waals surface area contributed by atoms with Gasteiger partial charge in [0.05, 0.1) is 6.10 Å². The molecule has 0 saturated carbocycles. The first kappa shape index (κ1) is 13.1. The molecule has 5 heteroatoms. The monoisotopic (exact) mass is 251 g/mol. The Balaban J connectivity index is 2.42. The van der Waals surface area contributed by atoms with Crippen molar-refractivity contribution in [3.63, 3.8) is 0 Å². The van der Waals surface area contributed by atoms with Crippen molar-refractivity contribution in [3.8, 4) is 0 Å². The second-order valence-electron chi connectivity index (χ2n) is 5.59. The minimum absolute atomic E-state index is 0.109. The zero-order chi connectivity index (χ0) is 13.5. The highest BCUT2D eigenvalue weighted by atomic mass is 16.5. The number of nitrogens with two attached hydrogens (primary N) is 1. The van der Waals surface area contributed by atoms with Crippen LogP contribution >= 0.6 is 0 Å². The zero-order valence-corrected chi connectivity index (χ0v) is 11.4. The van der Waals surface area contributed by atoms with Crippen LogP contribution in [0.15, 0.2) is 17.1 Å². The molecular formula is C13H21N3O2. The molecule has 0 amide bonds. The topological polar surface area (TPSA) is 70.1 Å². The van der Waals surface area contributed by atoms with Crippen molar-refractivity contribution in [1.29, 1.82) is 0 Å². The number of nitrogen functional groups attached to an aromatic ring is 1. The van der Waals surface area contributed by atoms with Gasteiger partial charge < -0.3 is 10.5 Å². The largest absolute Gasteiger partial charge is 0.383 e. The molecule has 2 rings (SSSR count). The average molecular weight is 251 g/mol. The smallest absolute Gasteiger partial charge is 0.351 e. The third-order valence-electron chi connectivity index (χ3n) is 4.18. The van der Waals surface area contributed by atoms with E-state index in [2.05, 4.69) is 32.7 Å². The maximum absolute atomic E-state index is 11.9. The lowest BCUT2D eigenvalue weighted by atomic mass is 9.77. The summed E-state index contributed by atoms with van der Waals surface area (Å²) in [7, 11) is 0. The van der Waals surface area contributed by atoms with Gasteiger partial charge in [0.15, 0.2) is 0 Å². The maximum atomic E-state index is 11.9. The number of ether oxygens (including phenoxy) is 1. The van der Waals surface area contributed by atoms with Crippen molar-refractivity contribution in [1.82, 2.24) is 9.55 Å². The summed E-state index contributed by atoms with van der Waals surface area (Å²) >= 11 is 0. The molecule has 0 spiro atoms. The predicted molar refractivity (Wildman–Crippen MR) is 70.1 cm³/mol. The highest BCUT2D eigenvalue weighted by Crippen LogP contribution is 2.49. The summed E-state index contributed by atoms with van der Waals surface area (Å²) < 4.78 is 7.57. The standard InChI is InChI=1S/C13H21N3O2/c1-5-9-8(2)13(3,4)11(18-9)16-7-6-10(14)15-12(16)17/h6-9,11H,5H2,1-4H3,(H2,14,15,17)/t8?,9-,11-/m1/s1. The molecule has 3 atom stereocenters. The van der Waals surface area contributed by atoms with E-state index >= 15 is 0 Å². The summed E-state index contributed by atoms with van der Waals surface area (Å²) in [4.78, 5) is 15.7. The van der Waals surface area contributed by atoms with Crippen molar-refractivity contribution in [2.24, 2.45) is 11.3 Å². The first-order chi connectivity index (χ1) is 8.37. The number of rotatable bonds is 2. The Bertz CT molecular complexity index is 495. The van der Waals surface area contributed by atoms with Gasteiger partial charge >= 0.3 is 5.69 Å². The van der Waals surface area contributed by atoms with Gasteiger partial charge in [0.25, 0.3) is 0 Å². The van der Waals surface area contributed by atoms with Crippen LogP contribution in [0.3, 0.4) is 0 Å². The van der Waals surface area contributed by atoms with Gasteiger partial charge in [-0.2, -0.15) is 4.98 Å². The van der Waals surface area contributed by atoms with Crippen molar-refractivity contribution >= 4 is 5.82 Å². The lowest BCUT2D eigenvalue weighted by molar-refractivity contribution is -0.0347. The van der Waals surface area contributed by atoms with E-state index in [9.17, 15) is 4.79 Å². The minimum atomic E-state index is -0.350. The quantitative estimate of drug-likeness (QED) is 0.870. The van der Waals surface area contributed by atoms with Crippen LogP contribution < -0.4 is 11.4 Å². The normalized spacial score (nSPS) is 30.6. The van der Waals surface area contributed by atoms with Gasteiger partial charge in [-0.15, -0.1) is 0 Å². The van der Waals surface area contributed by atoms with Crippen molar-refractivity contribution in [2.75, 3.05) is 5.73 Å². The van der Waals surface area contributed by atoms with Crippen LogP contribution in [-0.2, 0) is 4.74 Å². The Labute approximate surface area is 107 Å². The van der Waals surface area contributed by atoms with E-state index < -0.39 is 0 Å². The zero-order valence-electron chi connectivity index (χ0n) is 11.4. The molecule has 100 valence electrons. The van der Waals surface area contributed by atoms with Gasteiger partial charge in [0.1, 0.15) is 12.0 Å². The Morgan fingerprint density at radius 2 is 2.22 bits per heavy atom. The van der Waals surface area contributed by atoms with Gasteiger partial charge in [-0.05, 0) is 18.4 Å². The van der Waals surface area contributed by atoms with Gasteiger partial charge in [-0.1, -0.05) is 27.7 Å². The fourth-order valence-corrected chi connectivity index (χ4v) is 2.64. The first-order valence-corrected chi connectivity index (χ1v) is 6.38. The van der Waals surface area contributed by atoms with Crippen LogP contribution in [0.2, 0.25) is 0 Å². The maximum Gasteiger partial charge on any atom is 0.351 e. The number of hydrogen-bond donors (Lipinski definition) is 1. The van der Waals surface area contributed by atoms with Crippen LogP contribution in [0.1, 0.15) is 40.3 Å². The molecule has 1 unspecified atom stereocenters. The molecule has 2 N–H and O–H groups in total. The Morgan fingerprint density at radius 3 is 2.72 bits per heavy atom. The van der Waals surface area contributed by atoms with E-state index in [1.165, 1.54) is 0 Å². The van der Waals surface area contributed by atoms with Crippen LogP contribution in [-0.4, -0.2) is 15.7 Å². The van der Waals surface area contributed by atoms with Crippen molar-refractivity contribution in [2.45, 2.75) is 46.4 Å². The van der Waals surface area contributed by atoms with E-state index in [4.69, 9.17) is 10.5 Å². The lowest BCUT2D eigenvalue weighted by Gasteiger charge is -2.29. The molecule has 0 bridgehead atoms. The second kappa shape index (κ2) is 4.39. The summed E-state index contributed by atoms with van der Waals surface area (Å²) in [5.74, 6) is 0.629. The fourth-order valence-electron chi connectivity index (χ4n) is 2.64. The van der Waals surface area contributed by atoms with E-state index in [1.54, 1.807) is 16.8 Å². The number of anilines is 1. The summed E-state index contributed by atoms with van der Waals surface area (Å²) in [6.45, 7) is 8.52. The van der Waals surface area contributed by atoms with E-state index in [1.807, 2.05) is 0 Å². The summed E-state index contributed by atoms with van der Waals surface area (Å²) in [6, 6.07) is 1.63. The molecule has 1 fully saturated rings. The predicted octanol–water partition coefficient (Wildman–Crippen LogP) is 1.80. The molecule has 5 nitrogen and oxygen atoms in total. The van der Waals surface area contributed by atoms with Gasteiger partial charge in [-0.3, -0.25) is 4.57 Å². The summed E-state index contributed by atoms with van der Waals surface area (Å²) in [6.07, 6.45) is 2.51. The molecule has 1 aromatic rings. The highest BCUT2D eigenvalue weighted by Gasteiger charge is 2.48. The first-order valence-electron chi connectivity index (χ1n) is 6.38. The molecule has 18 heavy (non-hydrogen) atoms. The van der Waals surface area contributed by atoms with Crippen molar-refractivity contribution < 1.29 is 4.74 Å². The van der Waals surface area contributed by atoms with Crippen LogP contribution in [0.5, 0.6) is 0 Å². The molecule has 0 radical (unpaired) electrons. The van der Waals surface area contributed by atoms with Gasteiger partial charge in [0.2, 0.25) is 0 Å². The molecular weight excluding hydrogens is 230 g/mol. The molecule has 2 heterocycles. The van der Waals surface area contributed by atoms with E-state index in [-0.39, 0.29) is 29.3 Å². The lowest BCUT2D eigenvalue weighted by Crippen LogP contribution is -2.34. The molecule has 1 aromatic heterocycles. The SMILES string of the molecule is CC[C@H]1O[C@@H](n2ccc(N)nc2=O)C(C)(C)C1C. The number of aromatic nitrogens is 2. The van der Waals surface area contributed by atoms with Crippen molar-refractivity contribution in [3.05, 3.63) is 22.7 Å². The number of nitrogens with zero attached hydrogens (tertiary/aromatic N) is 2. The Morgan fingerprint density at radius 1 is 1.56 bits per heavy atom. The van der Waals surface area contributed by atoms with Crippen LogP contribution in [0.25, 0.3) is 0 Å².